The van der Waals surface area contributed by atoms with E-state index in [2.05, 4.69) is 59.7 Å². The van der Waals surface area contributed by atoms with Gasteiger partial charge in [-0.05, 0) is 75.3 Å². The van der Waals surface area contributed by atoms with Gasteiger partial charge in [0.15, 0.2) is 5.11 Å². The van der Waals surface area contributed by atoms with Crippen LogP contribution in [0.15, 0.2) is 42.5 Å². The standard InChI is InChI=1S/C22H29N3OS/c1-16-9-8-11-19(17(16)2)24-22(27)23-15-20(25-13-6-7-14-25)18-10-4-5-12-21(18)26-3/h4-5,8-12,20H,6-7,13-15H2,1-3H3,(H2,23,24,27)/t20-/m0/s1. The summed E-state index contributed by atoms with van der Waals surface area (Å²) in [5.41, 5.74) is 4.75. The normalized spacial score (nSPS) is 15.4. The minimum absolute atomic E-state index is 0.238. The molecule has 1 aliphatic rings. The van der Waals surface area contributed by atoms with Crippen LogP contribution in [0.25, 0.3) is 0 Å². The van der Waals surface area contributed by atoms with Crippen LogP contribution in [0.4, 0.5) is 5.69 Å². The summed E-state index contributed by atoms with van der Waals surface area (Å²) < 4.78 is 5.61. The van der Waals surface area contributed by atoms with Gasteiger partial charge in [-0.25, -0.2) is 0 Å². The molecular weight excluding hydrogens is 354 g/mol. The van der Waals surface area contributed by atoms with E-state index in [9.17, 15) is 0 Å². The van der Waals surface area contributed by atoms with Crippen molar-refractivity contribution in [2.45, 2.75) is 32.7 Å². The van der Waals surface area contributed by atoms with Crippen molar-refractivity contribution >= 4 is 23.0 Å². The van der Waals surface area contributed by atoms with Gasteiger partial charge in [-0.2, -0.15) is 0 Å². The van der Waals surface area contributed by atoms with Crippen molar-refractivity contribution in [3.05, 3.63) is 59.2 Å². The molecule has 0 bridgehead atoms. The first-order valence-electron chi connectivity index (χ1n) is 9.58. The van der Waals surface area contributed by atoms with Crippen molar-refractivity contribution in [1.82, 2.24) is 10.2 Å². The third kappa shape index (κ3) is 4.79. The van der Waals surface area contributed by atoms with E-state index in [4.69, 9.17) is 17.0 Å². The summed E-state index contributed by atoms with van der Waals surface area (Å²) in [4.78, 5) is 2.52. The Morgan fingerprint density at radius 3 is 2.59 bits per heavy atom. The predicted octanol–water partition coefficient (Wildman–Crippen LogP) is 4.44. The molecule has 4 nitrogen and oxygen atoms in total. The molecule has 2 aromatic rings. The molecule has 0 spiro atoms. The van der Waals surface area contributed by atoms with Crippen LogP contribution in [0, 0.1) is 13.8 Å². The maximum Gasteiger partial charge on any atom is 0.170 e. The summed E-state index contributed by atoms with van der Waals surface area (Å²) in [5, 5.41) is 7.43. The molecule has 0 unspecified atom stereocenters. The van der Waals surface area contributed by atoms with Gasteiger partial charge in [0.05, 0.1) is 13.2 Å². The van der Waals surface area contributed by atoms with Gasteiger partial charge in [-0.15, -0.1) is 0 Å². The molecule has 0 aromatic heterocycles. The largest absolute Gasteiger partial charge is 0.496 e. The van der Waals surface area contributed by atoms with Crippen LogP contribution in [-0.4, -0.2) is 36.8 Å². The summed E-state index contributed by atoms with van der Waals surface area (Å²) >= 11 is 5.57. The van der Waals surface area contributed by atoms with Crippen molar-refractivity contribution in [2.24, 2.45) is 0 Å². The molecule has 0 radical (unpaired) electrons. The maximum absolute atomic E-state index is 5.61. The number of methoxy groups -OCH3 is 1. The first-order valence-corrected chi connectivity index (χ1v) is 9.99. The number of nitrogens with zero attached hydrogens (tertiary/aromatic N) is 1. The zero-order valence-electron chi connectivity index (χ0n) is 16.4. The van der Waals surface area contributed by atoms with E-state index >= 15 is 0 Å². The molecule has 27 heavy (non-hydrogen) atoms. The Hall–Kier alpha value is -2.11. The number of anilines is 1. The third-order valence-electron chi connectivity index (χ3n) is 5.39. The molecule has 5 heteroatoms. The highest BCUT2D eigenvalue weighted by Gasteiger charge is 2.25. The Morgan fingerprint density at radius 1 is 1.11 bits per heavy atom. The summed E-state index contributed by atoms with van der Waals surface area (Å²) in [7, 11) is 1.74. The topological polar surface area (TPSA) is 36.5 Å². The summed E-state index contributed by atoms with van der Waals surface area (Å²) in [6, 6.07) is 14.8. The molecule has 2 N–H and O–H groups in total. The predicted molar refractivity (Wildman–Crippen MR) is 117 cm³/mol. The number of benzene rings is 2. The Labute approximate surface area is 167 Å². The molecule has 0 saturated carbocycles. The summed E-state index contributed by atoms with van der Waals surface area (Å²) in [6.07, 6.45) is 2.49. The minimum atomic E-state index is 0.238. The molecule has 1 aliphatic heterocycles. The highest BCUT2D eigenvalue weighted by Crippen LogP contribution is 2.31. The molecule has 1 fully saturated rings. The Kier molecular flexibility index (Phi) is 6.69. The average Bonchev–Trinajstić information content (AvgIpc) is 3.20. The lowest BCUT2D eigenvalue weighted by molar-refractivity contribution is 0.240. The van der Waals surface area contributed by atoms with Gasteiger partial charge < -0.3 is 15.4 Å². The maximum atomic E-state index is 5.61. The van der Waals surface area contributed by atoms with Crippen LogP contribution in [0.1, 0.15) is 35.6 Å². The fraction of sp³-hybridized carbons (Fsp3) is 0.409. The lowest BCUT2D eigenvalue weighted by Crippen LogP contribution is -2.38. The fourth-order valence-corrected chi connectivity index (χ4v) is 3.87. The summed E-state index contributed by atoms with van der Waals surface area (Å²) in [5.74, 6) is 0.935. The first kappa shape index (κ1) is 19.6. The van der Waals surface area contributed by atoms with Gasteiger partial charge in [-0.3, -0.25) is 4.90 Å². The van der Waals surface area contributed by atoms with Crippen molar-refractivity contribution in [3.8, 4) is 5.75 Å². The second kappa shape index (κ2) is 9.20. The minimum Gasteiger partial charge on any atom is -0.496 e. The van der Waals surface area contributed by atoms with E-state index in [0.717, 1.165) is 31.1 Å². The molecular formula is C22H29N3OS. The van der Waals surface area contributed by atoms with Gasteiger partial charge in [0.25, 0.3) is 0 Å². The number of para-hydroxylation sites is 1. The molecule has 0 amide bonds. The number of hydrogen-bond acceptors (Lipinski definition) is 3. The number of rotatable bonds is 6. The van der Waals surface area contributed by atoms with Crippen molar-refractivity contribution in [2.75, 3.05) is 32.1 Å². The zero-order valence-corrected chi connectivity index (χ0v) is 17.2. The van der Waals surface area contributed by atoms with E-state index in [1.165, 1.54) is 29.5 Å². The molecule has 1 atom stereocenters. The highest BCUT2D eigenvalue weighted by atomic mass is 32.1. The van der Waals surface area contributed by atoms with E-state index in [-0.39, 0.29) is 6.04 Å². The smallest absolute Gasteiger partial charge is 0.170 e. The van der Waals surface area contributed by atoms with Crippen molar-refractivity contribution in [1.29, 1.82) is 0 Å². The lowest BCUT2D eigenvalue weighted by Gasteiger charge is -2.30. The monoisotopic (exact) mass is 383 g/mol. The van der Waals surface area contributed by atoms with Crippen molar-refractivity contribution < 1.29 is 4.74 Å². The molecule has 1 heterocycles. The Balaban J connectivity index is 1.71. The van der Waals surface area contributed by atoms with Gasteiger partial charge in [0.1, 0.15) is 5.75 Å². The molecule has 2 aromatic carbocycles. The lowest BCUT2D eigenvalue weighted by atomic mass is 10.0. The van der Waals surface area contributed by atoms with Crippen LogP contribution in [0.2, 0.25) is 0 Å². The quantitative estimate of drug-likeness (QED) is 0.722. The molecule has 1 saturated heterocycles. The molecule has 0 aliphatic carbocycles. The summed E-state index contributed by atoms with van der Waals surface area (Å²) in [6.45, 7) is 7.20. The van der Waals surface area contributed by atoms with Crippen LogP contribution >= 0.6 is 12.2 Å². The second-order valence-corrected chi connectivity index (χ2v) is 7.49. The average molecular weight is 384 g/mol. The molecule has 3 rings (SSSR count). The van der Waals surface area contributed by atoms with Crippen LogP contribution in [0.3, 0.4) is 0 Å². The number of ether oxygens (including phenoxy) is 1. The second-order valence-electron chi connectivity index (χ2n) is 7.08. The van der Waals surface area contributed by atoms with E-state index in [1.54, 1.807) is 7.11 Å². The Morgan fingerprint density at radius 2 is 1.85 bits per heavy atom. The first-order chi connectivity index (χ1) is 13.1. The van der Waals surface area contributed by atoms with E-state index < -0.39 is 0 Å². The van der Waals surface area contributed by atoms with Gasteiger partial charge in [0, 0.05) is 17.8 Å². The zero-order chi connectivity index (χ0) is 19.2. The highest BCUT2D eigenvalue weighted by molar-refractivity contribution is 7.80. The van der Waals surface area contributed by atoms with Gasteiger partial charge >= 0.3 is 0 Å². The Bertz CT molecular complexity index is 787. The number of thiocarbonyl (C=S) groups is 1. The van der Waals surface area contributed by atoms with Crippen LogP contribution in [-0.2, 0) is 0 Å². The van der Waals surface area contributed by atoms with E-state index in [0.29, 0.717) is 5.11 Å². The SMILES string of the molecule is COc1ccccc1[C@H](CNC(=S)Nc1cccc(C)c1C)N1CCCC1. The van der Waals surface area contributed by atoms with Crippen LogP contribution in [0.5, 0.6) is 5.75 Å². The number of aryl methyl sites for hydroxylation is 1. The fourth-order valence-electron chi connectivity index (χ4n) is 3.67. The number of hydrogen-bond donors (Lipinski definition) is 2. The number of nitrogens with one attached hydrogen (secondary N) is 2. The third-order valence-corrected chi connectivity index (χ3v) is 5.63. The van der Waals surface area contributed by atoms with Crippen LogP contribution < -0.4 is 15.4 Å². The van der Waals surface area contributed by atoms with Gasteiger partial charge in [-0.1, -0.05) is 30.3 Å². The van der Waals surface area contributed by atoms with Gasteiger partial charge in [0.2, 0.25) is 0 Å². The van der Waals surface area contributed by atoms with Crippen molar-refractivity contribution in [3.63, 3.8) is 0 Å². The number of likely N-dealkylation sites (tertiary alicyclic amines) is 1. The van der Waals surface area contributed by atoms with E-state index in [1.807, 2.05) is 12.1 Å². The molecule has 144 valence electrons.